The number of nitrogens with one attached hydrogen (secondary N) is 1. The van der Waals surface area contributed by atoms with Crippen molar-refractivity contribution in [3.63, 3.8) is 0 Å². The van der Waals surface area contributed by atoms with Crippen LogP contribution in [0.15, 0.2) is 17.5 Å². The summed E-state index contributed by atoms with van der Waals surface area (Å²) < 4.78 is 0. The minimum Gasteiger partial charge on any atom is -0.313 e. The molecule has 18 heavy (non-hydrogen) atoms. The number of nitrogens with zero attached hydrogens (tertiary/aromatic N) is 2. The van der Waals surface area contributed by atoms with E-state index in [4.69, 9.17) is 5.26 Å². The number of hydrogen-bond donors (Lipinski definition) is 1. The minimum absolute atomic E-state index is 0.527. The highest BCUT2D eigenvalue weighted by Crippen LogP contribution is 2.30. The standard InChI is InChI=1S/C14H21N3S/c1-2-6-16-13-9-12(14-4-3-8-18-14)10-17(11-13)7-5-15/h3-4,8,12-13,16H,2,6-7,9-11H2,1H3. The van der Waals surface area contributed by atoms with Crippen molar-refractivity contribution in [2.75, 3.05) is 26.2 Å². The predicted molar refractivity (Wildman–Crippen MR) is 75.8 cm³/mol. The number of hydrogen-bond acceptors (Lipinski definition) is 4. The van der Waals surface area contributed by atoms with Crippen LogP contribution in [0.1, 0.15) is 30.6 Å². The van der Waals surface area contributed by atoms with Gasteiger partial charge in [-0.3, -0.25) is 4.90 Å². The second kappa shape index (κ2) is 6.89. The molecule has 1 N–H and O–H groups in total. The van der Waals surface area contributed by atoms with Crippen molar-refractivity contribution in [3.05, 3.63) is 22.4 Å². The van der Waals surface area contributed by atoms with Gasteiger partial charge >= 0.3 is 0 Å². The molecule has 2 rings (SSSR count). The molecule has 0 spiro atoms. The monoisotopic (exact) mass is 263 g/mol. The molecule has 4 heteroatoms. The molecule has 1 aliphatic rings. The lowest BCUT2D eigenvalue weighted by molar-refractivity contribution is 0.190. The molecule has 0 aromatic carbocycles. The lowest BCUT2D eigenvalue weighted by Crippen LogP contribution is -2.48. The molecule has 1 saturated heterocycles. The van der Waals surface area contributed by atoms with Gasteiger partial charge in [0, 0.05) is 29.9 Å². The van der Waals surface area contributed by atoms with Gasteiger partial charge in [-0.25, -0.2) is 0 Å². The van der Waals surface area contributed by atoms with Gasteiger partial charge in [-0.1, -0.05) is 13.0 Å². The Morgan fingerprint density at radius 3 is 3.11 bits per heavy atom. The van der Waals surface area contributed by atoms with Crippen LogP contribution in [0.3, 0.4) is 0 Å². The third kappa shape index (κ3) is 3.55. The third-order valence-electron chi connectivity index (χ3n) is 3.45. The molecule has 2 heterocycles. The maximum absolute atomic E-state index is 8.89. The van der Waals surface area contributed by atoms with Crippen LogP contribution in [0, 0.1) is 11.3 Å². The van der Waals surface area contributed by atoms with Crippen LogP contribution in [-0.2, 0) is 0 Å². The SMILES string of the molecule is CCCNC1CC(c2cccs2)CN(CC#N)C1. The number of rotatable bonds is 5. The molecule has 98 valence electrons. The Hall–Kier alpha value is -0.890. The Balaban J connectivity index is 2.00. The molecule has 0 aliphatic carbocycles. The first-order chi connectivity index (χ1) is 8.83. The summed E-state index contributed by atoms with van der Waals surface area (Å²) >= 11 is 1.84. The molecule has 0 amide bonds. The summed E-state index contributed by atoms with van der Waals surface area (Å²) in [5.74, 6) is 0.585. The molecular formula is C14H21N3S. The fraction of sp³-hybridized carbons (Fsp3) is 0.643. The van der Waals surface area contributed by atoms with Gasteiger partial charge in [0.25, 0.3) is 0 Å². The van der Waals surface area contributed by atoms with Crippen LogP contribution < -0.4 is 5.32 Å². The van der Waals surface area contributed by atoms with Gasteiger partial charge < -0.3 is 5.32 Å². The van der Waals surface area contributed by atoms with Crippen molar-refractivity contribution in [1.29, 1.82) is 5.26 Å². The minimum atomic E-state index is 0.527. The van der Waals surface area contributed by atoms with E-state index < -0.39 is 0 Å². The second-order valence-corrected chi connectivity index (χ2v) is 5.93. The van der Waals surface area contributed by atoms with E-state index in [1.807, 2.05) is 11.3 Å². The maximum atomic E-state index is 8.89. The van der Waals surface area contributed by atoms with E-state index in [-0.39, 0.29) is 0 Å². The smallest absolute Gasteiger partial charge is 0.0866 e. The Labute approximate surface area is 113 Å². The molecule has 1 aromatic heterocycles. The largest absolute Gasteiger partial charge is 0.313 e. The van der Waals surface area contributed by atoms with Gasteiger partial charge in [0.1, 0.15) is 0 Å². The lowest BCUT2D eigenvalue weighted by atomic mass is 9.93. The molecule has 2 unspecified atom stereocenters. The number of likely N-dealkylation sites (tertiary alicyclic amines) is 1. The van der Waals surface area contributed by atoms with Crippen molar-refractivity contribution in [3.8, 4) is 6.07 Å². The van der Waals surface area contributed by atoms with Crippen LogP contribution >= 0.6 is 11.3 Å². The van der Waals surface area contributed by atoms with Crippen LogP contribution in [-0.4, -0.2) is 37.1 Å². The van der Waals surface area contributed by atoms with Crippen molar-refractivity contribution in [1.82, 2.24) is 10.2 Å². The van der Waals surface area contributed by atoms with E-state index in [0.29, 0.717) is 18.5 Å². The highest BCUT2D eigenvalue weighted by atomic mass is 32.1. The van der Waals surface area contributed by atoms with E-state index in [9.17, 15) is 0 Å². The summed E-state index contributed by atoms with van der Waals surface area (Å²) in [7, 11) is 0. The summed E-state index contributed by atoms with van der Waals surface area (Å²) in [4.78, 5) is 3.74. The van der Waals surface area contributed by atoms with Crippen molar-refractivity contribution in [2.45, 2.75) is 31.7 Å². The molecule has 1 aromatic rings. The first-order valence-electron chi connectivity index (χ1n) is 6.69. The zero-order chi connectivity index (χ0) is 12.8. The van der Waals surface area contributed by atoms with Gasteiger partial charge in [0.2, 0.25) is 0 Å². The van der Waals surface area contributed by atoms with E-state index in [1.165, 1.54) is 17.7 Å². The Morgan fingerprint density at radius 1 is 1.56 bits per heavy atom. The van der Waals surface area contributed by atoms with Crippen LogP contribution in [0.25, 0.3) is 0 Å². The fourth-order valence-electron chi connectivity index (χ4n) is 2.65. The molecule has 0 saturated carbocycles. The highest BCUT2D eigenvalue weighted by molar-refractivity contribution is 7.10. The fourth-order valence-corrected chi connectivity index (χ4v) is 3.48. The number of nitriles is 1. The molecule has 2 atom stereocenters. The summed E-state index contributed by atoms with van der Waals surface area (Å²) in [6.45, 7) is 5.85. The molecule has 3 nitrogen and oxygen atoms in total. The molecule has 0 bridgehead atoms. The van der Waals surface area contributed by atoms with E-state index in [1.54, 1.807) is 0 Å². The average molecular weight is 263 g/mol. The van der Waals surface area contributed by atoms with Crippen LogP contribution in [0.5, 0.6) is 0 Å². The van der Waals surface area contributed by atoms with E-state index in [2.05, 4.69) is 40.7 Å². The van der Waals surface area contributed by atoms with E-state index >= 15 is 0 Å². The summed E-state index contributed by atoms with van der Waals surface area (Å²) in [6.07, 6.45) is 2.36. The maximum Gasteiger partial charge on any atom is 0.0866 e. The number of thiophene rings is 1. The van der Waals surface area contributed by atoms with Crippen molar-refractivity contribution < 1.29 is 0 Å². The first-order valence-corrected chi connectivity index (χ1v) is 7.57. The molecule has 0 radical (unpaired) electrons. The van der Waals surface area contributed by atoms with Gasteiger partial charge in [-0.05, 0) is 30.8 Å². The van der Waals surface area contributed by atoms with E-state index in [0.717, 1.165) is 19.6 Å². The summed E-state index contributed by atoms with van der Waals surface area (Å²) in [5, 5.41) is 14.6. The third-order valence-corrected chi connectivity index (χ3v) is 4.48. The van der Waals surface area contributed by atoms with Gasteiger partial charge in [-0.15, -0.1) is 11.3 Å². The zero-order valence-electron chi connectivity index (χ0n) is 10.9. The summed E-state index contributed by atoms with van der Waals surface area (Å²) in [5.41, 5.74) is 0. The first kappa shape index (κ1) is 13.5. The van der Waals surface area contributed by atoms with Gasteiger partial charge in [0.15, 0.2) is 0 Å². The average Bonchev–Trinajstić information content (AvgIpc) is 2.90. The van der Waals surface area contributed by atoms with Gasteiger partial charge in [0.05, 0.1) is 12.6 Å². The lowest BCUT2D eigenvalue weighted by Gasteiger charge is -2.36. The normalized spacial score (nSPS) is 24.9. The van der Waals surface area contributed by atoms with Gasteiger partial charge in [-0.2, -0.15) is 5.26 Å². The Bertz CT molecular complexity index is 382. The summed E-state index contributed by atoms with van der Waals surface area (Å²) in [6, 6.07) is 7.16. The predicted octanol–water partition coefficient (Wildman–Crippen LogP) is 2.43. The van der Waals surface area contributed by atoms with Crippen molar-refractivity contribution >= 4 is 11.3 Å². The quantitative estimate of drug-likeness (QED) is 0.829. The second-order valence-electron chi connectivity index (χ2n) is 4.95. The van der Waals surface area contributed by atoms with Crippen LogP contribution in [0.4, 0.5) is 0 Å². The zero-order valence-corrected chi connectivity index (χ0v) is 11.7. The molecule has 1 fully saturated rings. The topological polar surface area (TPSA) is 39.1 Å². The highest BCUT2D eigenvalue weighted by Gasteiger charge is 2.28. The number of piperidine rings is 1. The Morgan fingerprint density at radius 2 is 2.44 bits per heavy atom. The molecule has 1 aliphatic heterocycles. The Kier molecular flexibility index (Phi) is 5.18. The molecular weight excluding hydrogens is 242 g/mol. The van der Waals surface area contributed by atoms with Crippen molar-refractivity contribution in [2.24, 2.45) is 0 Å². The van der Waals surface area contributed by atoms with Crippen LogP contribution in [0.2, 0.25) is 0 Å².